The van der Waals surface area contributed by atoms with Crippen molar-refractivity contribution >= 4 is 28.0 Å². The van der Waals surface area contributed by atoms with Gasteiger partial charge in [-0.3, -0.25) is 0 Å². The number of hydrogen-bond acceptors (Lipinski definition) is 1. The van der Waals surface area contributed by atoms with Crippen LogP contribution in [-0.2, 0) is 0 Å². The zero-order valence-corrected chi connectivity index (χ0v) is 5.80. The molecule has 0 aliphatic carbocycles. The van der Waals surface area contributed by atoms with Gasteiger partial charge in [0.05, 0.1) is 0 Å². The van der Waals surface area contributed by atoms with E-state index in [9.17, 15) is 0 Å². The van der Waals surface area contributed by atoms with Crippen LogP contribution in [0.1, 0.15) is 5.56 Å². The van der Waals surface area contributed by atoms with Crippen LogP contribution in [0.25, 0.3) is 5.03 Å². The van der Waals surface area contributed by atoms with Crippen LogP contribution in [0.3, 0.4) is 0 Å². The molecule has 0 saturated heterocycles. The van der Waals surface area contributed by atoms with Gasteiger partial charge in [-0.25, -0.2) is 0 Å². The maximum absolute atomic E-state index is 5.56. The van der Waals surface area contributed by atoms with Crippen LogP contribution in [0.15, 0.2) is 23.4 Å². The van der Waals surface area contributed by atoms with Crippen LogP contribution in [-0.4, -0.2) is 0 Å². The third-order valence-corrected chi connectivity index (χ3v) is 1.74. The Balaban J connectivity index is 2.93. The summed E-state index contributed by atoms with van der Waals surface area (Å²) < 4.78 is 0. The second-order valence-electron chi connectivity index (χ2n) is 1.42. The highest BCUT2D eigenvalue weighted by atomic mass is 35.5. The Hall–Kier alpha value is -0.270. The van der Waals surface area contributed by atoms with E-state index >= 15 is 0 Å². The molecule has 2 heteroatoms. The Morgan fingerprint density at radius 1 is 1.75 bits per heavy atom. The first-order valence-corrected chi connectivity index (χ1v) is 3.50. The lowest BCUT2D eigenvalue weighted by Gasteiger charge is -1.83. The van der Waals surface area contributed by atoms with Gasteiger partial charge in [0.25, 0.3) is 0 Å². The fourth-order valence-corrected chi connectivity index (χ4v) is 1.27. The van der Waals surface area contributed by atoms with Crippen LogP contribution < -0.4 is 0 Å². The SMILES string of the molecule is C=C(Cl)c1ccsc1. The summed E-state index contributed by atoms with van der Waals surface area (Å²) >= 11 is 7.18. The molecular weight excluding hydrogens is 140 g/mol. The monoisotopic (exact) mass is 144 g/mol. The zero-order chi connectivity index (χ0) is 5.98. The Morgan fingerprint density at radius 2 is 2.50 bits per heavy atom. The first-order valence-electron chi connectivity index (χ1n) is 2.17. The summed E-state index contributed by atoms with van der Waals surface area (Å²) in [5.41, 5.74) is 1.02. The van der Waals surface area contributed by atoms with Crippen molar-refractivity contribution in [2.45, 2.75) is 0 Å². The van der Waals surface area contributed by atoms with Crippen LogP contribution in [0, 0.1) is 0 Å². The maximum Gasteiger partial charge on any atom is 0.0414 e. The molecule has 42 valence electrons. The fourth-order valence-electron chi connectivity index (χ4n) is 0.419. The zero-order valence-electron chi connectivity index (χ0n) is 4.23. The van der Waals surface area contributed by atoms with E-state index in [0.717, 1.165) is 5.56 Å². The molecule has 0 saturated carbocycles. The van der Waals surface area contributed by atoms with E-state index in [1.54, 1.807) is 11.3 Å². The Labute approximate surface area is 57.4 Å². The van der Waals surface area contributed by atoms with E-state index in [-0.39, 0.29) is 0 Å². The Kier molecular flexibility index (Phi) is 1.71. The number of halogens is 1. The second kappa shape index (κ2) is 2.33. The summed E-state index contributed by atoms with van der Waals surface area (Å²) in [4.78, 5) is 0. The topological polar surface area (TPSA) is 0 Å². The molecule has 1 rings (SSSR count). The normalized spacial score (nSPS) is 9.12. The Bertz CT molecular complexity index is 176. The van der Waals surface area contributed by atoms with Gasteiger partial charge in [0.15, 0.2) is 0 Å². The molecule has 0 aliphatic heterocycles. The summed E-state index contributed by atoms with van der Waals surface area (Å²) in [5.74, 6) is 0. The lowest BCUT2D eigenvalue weighted by Crippen LogP contribution is -1.61. The molecule has 0 nitrogen and oxygen atoms in total. The molecule has 0 amide bonds. The van der Waals surface area contributed by atoms with Gasteiger partial charge in [-0.1, -0.05) is 18.2 Å². The van der Waals surface area contributed by atoms with Crippen molar-refractivity contribution in [3.63, 3.8) is 0 Å². The second-order valence-corrected chi connectivity index (χ2v) is 2.65. The third kappa shape index (κ3) is 1.11. The van der Waals surface area contributed by atoms with Crippen molar-refractivity contribution in [2.75, 3.05) is 0 Å². The number of thiophene rings is 1. The summed E-state index contributed by atoms with van der Waals surface area (Å²) in [5, 5.41) is 4.56. The van der Waals surface area contributed by atoms with Crippen molar-refractivity contribution in [3.05, 3.63) is 29.0 Å². The highest BCUT2D eigenvalue weighted by molar-refractivity contribution is 7.08. The molecular formula is C6H5ClS. The van der Waals surface area contributed by atoms with Gasteiger partial charge in [-0.2, -0.15) is 11.3 Å². The molecule has 1 heterocycles. The number of rotatable bonds is 1. The predicted molar refractivity (Wildman–Crippen MR) is 39.2 cm³/mol. The van der Waals surface area contributed by atoms with Crippen LogP contribution in [0.5, 0.6) is 0 Å². The lowest BCUT2D eigenvalue weighted by atomic mass is 10.3. The first-order chi connectivity index (χ1) is 3.80. The molecule has 0 unspecified atom stereocenters. The van der Waals surface area contributed by atoms with Crippen LogP contribution in [0.2, 0.25) is 0 Å². The van der Waals surface area contributed by atoms with Gasteiger partial charge in [-0.15, -0.1) is 0 Å². The molecule has 0 aromatic carbocycles. The average Bonchev–Trinajstić information content (AvgIpc) is 2.12. The summed E-state index contributed by atoms with van der Waals surface area (Å²) in [6.45, 7) is 3.57. The van der Waals surface area contributed by atoms with E-state index in [2.05, 4.69) is 6.58 Å². The van der Waals surface area contributed by atoms with E-state index in [1.807, 2.05) is 16.8 Å². The minimum atomic E-state index is 0.617. The van der Waals surface area contributed by atoms with E-state index in [0.29, 0.717) is 5.03 Å². The molecule has 0 N–H and O–H groups in total. The van der Waals surface area contributed by atoms with Crippen molar-refractivity contribution in [3.8, 4) is 0 Å². The van der Waals surface area contributed by atoms with Crippen LogP contribution in [0.4, 0.5) is 0 Å². The standard InChI is InChI=1S/C6H5ClS/c1-5(7)6-2-3-8-4-6/h2-4H,1H2. The highest BCUT2D eigenvalue weighted by Gasteiger charge is 1.90. The third-order valence-electron chi connectivity index (χ3n) is 0.834. The average molecular weight is 145 g/mol. The fraction of sp³-hybridized carbons (Fsp3) is 0. The van der Waals surface area contributed by atoms with E-state index < -0.39 is 0 Å². The Morgan fingerprint density at radius 3 is 2.75 bits per heavy atom. The molecule has 0 atom stereocenters. The molecule has 1 aromatic rings. The van der Waals surface area contributed by atoms with Crippen molar-refractivity contribution < 1.29 is 0 Å². The molecule has 0 bridgehead atoms. The predicted octanol–water partition coefficient (Wildman–Crippen LogP) is 2.96. The van der Waals surface area contributed by atoms with E-state index in [1.165, 1.54) is 0 Å². The van der Waals surface area contributed by atoms with Gasteiger partial charge in [-0.05, 0) is 16.8 Å². The van der Waals surface area contributed by atoms with Crippen molar-refractivity contribution in [2.24, 2.45) is 0 Å². The first kappa shape index (κ1) is 5.86. The highest BCUT2D eigenvalue weighted by Crippen LogP contribution is 2.18. The van der Waals surface area contributed by atoms with Gasteiger partial charge < -0.3 is 0 Å². The van der Waals surface area contributed by atoms with Crippen LogP contribution >= 0.6 is 22.9 Å². The van der Waals surface area contributed by atoms with Crippen molar-refractivity contribution in [1.29, 1.82) is 0 Å². The van der Waals surface area contributed by atoms with Gasteiger partial charge in [0, 0.05) is 10.6 Å². The van der Waals surface area contributed by atoms with Gasteiger partial charge in [0.1, 0.15) is 0 Å². The minimum Gasteiger partial charge on any atom is -0.152 e. The van der Waals surface area contributed by atoms with Crippen molar-refractivity contribution in [1.82, 2.24) is 0 Å². The minimum absolute atomic E-state index is 0.617. The summed E-state index contributed by atoms with van der Waals surface area (Å²) in [7, 11) is 0. The maximum atomic E-state index is 5.56. The quantitative estimate of drug-likeness (QED) is 0.569. The number of hydrogen-bond donors (Lipinski definition) is 0. The molecule has 1 aromatic heterocycles. The summed E-state index contributed by atoms with van der Waals surface area (Å²) in [6.07, 6.45) is 0. The molecule has 0 spiro atoms. The largest absolute Gasteiger partial charge is 0.152 e. The molecule has 0 radical (unpaired) electrons. The van der Waals surface area contributed by atoms with E-state index in [4.69, 9.17) is 11.6 Å². The summed E-state index contributed by atoms with van der Waals surface area (Å²) in [6, 6.07) is 1.94. The lowest BCUT2D eigenvalue weighted by molar-refractivity contribution is 1.87. The van der Waals surface area contributed by atoms with Gasteiger partial charge >= 0.3 is 0 Å². The smallest absolute Gasteiger partial charge is 0.0414 e. The van der Waals surface area contributed by atoms with Gasteiger partial charge in [0.2, 0.25) is 0 Å². The molecule has 0 fully saturated rings. The molecule has 8 heavy (non-hydrogen) atoms. The molecule has 0 aliphatic rings.